The van der Waals surface area contributed by atoms with Crippen molar-refractivity contribution in [2.24, 2.45) is 0 Å². The number of aliphatic hydroxyl groups is 1. The first kappa shape index (κ1) is 13.1. The lowest BCUT2D eigenvalue weighted by atomic mass is 10.1. The molecule has 0 heterocycles. The molecule has 3 heteroatoms. The van der Waals surface area contributed by atoms with E-state index < -0.39 is 0 Å². The Labute approximate surface area is 104 Å². The van der Waals surface area contributed by atoms with Gasteiger partial charge in [-0.2, -0.15) is 11.8 Å². The molecule has 0 bridgehead atoms. The molecule has 1 aromatic rings. The molecule has 1 unspecified atom stereocenters. The van der Waals surface area contributed by atoms with Gasteiger partial charge in [0.25, 0.3) is 0 Å². The number of aliphatic hydroxyl groups excluding tert-OH is 1. The third-order valence-corrected chi connectivity index (χ3v) is 3.89. The quantitative estimate of drug-likeness (QED) is 0.809. The highest BCUT2D eigenvalue weighted by molar-refractivity contribution is 9.10. The number of rotatable bonds is 6. The lowest BCUT2D eigenvalue weighted by Gasteiger charge is -2.09. The van der Waals surface area contributed by atoms with Gasteiger partial charge < -0.3 is 5.11 Å². The van der Waals surface area contributed by atoms with Crippen LogP contribution < -0.4 is 0 Å². The van der Waals surface area contributed by atoms with Gasteiger partial charge in [0, 0.05) is 10.2 Å². The van der Waals surface area contributed by atoms with Gasteiger partial charge >= 0.3 is 0 Å². The second-order valence-corrected chi connectivity index (χ2v) is 5.62. The maximum absolute atomic E-state index is 9.77. The maximum Gasteiger partial charge on any atom is 0.0670 e. The van der Waals surface area contributed by atoms with Crippen LogP contribution in [0.5, 0.6) is 0 Å². The SMILES string of the molecule is CCCSCC(O)Cc1ccc(Br)cc1. The highest BCUT2D eigenvalue weighted by Gasteiger charge is 2.05. The Morgan fingerprint density at radius 3 is 2.60 bits per heavy atom. The van der Waals surface area contributed by atoms with Crippen molar-refractivity contribution in [3.63, 3.8) is 0 Å². The van der Waals surface area contributed by atoms with E-state index in [9.17, 15) is 5.11 Å². The van der Waals surface area contributed by atoms with Crippen LogP contribution >= 0.6 is 27.7 Å². The summed E-state index contributed by atoms with van der Waals surface area (Å²) in [5.41, 5.74) is 1.20. The van der Waals surface area contributed by atoms with Crippen LogP contribution in [0.2, 0.25) is 0 Å². The number of thioether (sulfide) groups is 1. The third-order valence-electron chi connectivity index (χ3n) is 2.04. The van der Waals surface area contributed by atoms with Gasteiger partial charge in [0.1, 0.15) is 0 Å². The first-order chi connectivity index (χ1) is 7.22. The molecule has 0 saturated carbocycles. The molecule has 84 valence electrons. The molecule has 1 nitrogen and oxygen atoms in total. The normalized spacial score (nSPS) is 12.7. The van der Waals surface area contributed by atoms with E-state index in [2.05, 4.69) is 35.0 Å². The average Bonchev–Trinajstić information content (AvgIpc) is 2.22. The summed E-state index contributed by atoms with van der Waals surface area (Å²) in [6, 6.07) is 8.14. The minimum absolute atomic E-state index is 0.220. The molecule has 0 aliphatic rings. The zero-order valence-electron chi connectivity index (χ0n) is 8.95. The molecule has 0 radical (unpaired) electrons. The van der Waals surface area contributed by atoms with Crippen LogP contribution in [-0.2, 0) is 6.42 Å². The maximum atomic E-state index is 9.77. The number of hydrogen-bond acceptors (Lipinski definition) is 2. The molecule has 1 rings (SSSR count). The monoisotopic (exact) mass is 288 g/mol. The summed E-state index contributed by atoms with van der Waals surface area (Å²) in [5.74, 6) is 1.97. The van der Waals surface area contributed by atoms with Crippen molar-refractivity contribution in [1.29, 1.82) is 0 Å². The van der Waals surface area contributed by atoms with Crippen LogP contribution in [0.25, 0.3) is 0 Å². The molecular weight excluding hydrogens is 272 g/mol. The Balaban J connectivity index is 2.31. The Kier molecular flexibility index (Phi) is 6.37. The first-order valence-electron chi connectivity index (χ1n) is 5.22. The van der Waals surface area contributed by atoms with E-state index in [4.69, 9.17) is 0 Å². The largest absolute Gasteiger partial charge is 0.392 e. The van der Waals surface area contributed by atoms with Crippen LogP contribution in [0.1, 0.15) is 18.9 Å². The summed E-state index contributed by atoms with van der Waals surface area (Å²) in [5, 5.41) is 9.77. The fourth-order valence-corrected chi connectivity index (χ4v) is 2.42. The molecule has 1 N–H and O–H groups in total. The van der Waals surface area contributed by atoms with Crippen molar-refractivity contribution in [2.45, 2.75) is 25.9 Å². The van der Waals surface area contributed by atoms with E-state index in [-0.39, 0.29) is 6.10 Å². The molecule has 15 heavy (non-hydrogen) atoms. The van der Waals surface area contributed by atoms with Crippen LogP contribution in [-0.4, -0.2) is 22.7 Å². The van der Waals surface area contributed by atoms with Crippen molar-refractivity contribution in [3.05, 3.63) is 34.3 Å². The predicted octanol–water partition coefficient (Wildman–Crippen LogP) is 3.50. The number of hydrogen-bond donors (Lipinski definition) is 1. The molecule has 0 aliphatic heterocycles. The van der Waals surface area contributed by atoms with Crippen LogP contribution in [0.3, 0.4) is 0 Å². The smallest absolute Gasteiger partial charge is 0.0670 e. The molecule has 0 saturated heterocycles. The minimum Gasteiger partial charge on any atom is -0.392 e. The van der Waals surface area contributed by atoms with Crippen molar-refractivity contribution in [2.75, 3.05) is 11.5 Å². The van der Waals surface area contributed by atoms with Crippen molar-refractivity contribution in [1.82, 2.24) is 0 Å². The Morgan fingerprint density at radius 2 is 2.00 bits per heavy atom. The highest BCUT2D eigenvalue weighted by Crippen LogP contribution is 2.13. The summed E-state index contributed by atoms with van der Waals surface area (Å²) in [7, 11) is 0. The lowest BCUT2D eigenvalue weighted by Crippen LogP contribution is -2.13. The molecule has 0 aromatic heterocycles. The van der Waals surface area contributed by atoms with E-state index in [1.54, 1.807) is 0 Å². The molecular formula is C12H17BrOS. The summed E-state index contributed by atoms with van der Waals surface area (Å²) in [6.45, 7) is 2.16. The highest BCUT2D eigenvalue weighted by atomic mass is 79.9. The molecule has 1 aromatic carbocycles. The fraction of sp³-hybridized carbons (Fsp3) is 0.500. The molecule has 0 spiro atoms. The topological polar surface area (TPSA) is 20.2 Å². The second kappa shape index (κ2) is 7.31. The van der Waals surface area contributed by atoms with Gasteiger partial charge in [-0.15, -0.1) is 0 Å². The second-order valence-electron chi connectivity index (χ2n) is 3.56. The zero-order chi connectivity index (χ0) is 11.1. The van der Waals surface area contributed by atoms with E-state index in [0.717, 1.165) is 22.4 Å². The Hall–Kier alpha value is 0.01000. The third kappa shape index (κ3) is 5.59. The molecule has 0 amide bonds. The summed E-state index contributed by atoms with van der Waals surface area (Å²) in [6.07, 6.45) is 1.71. The lowest BCUT2D eigenvalue weighted by molar-refractivity contribution is 0.200. The molecule has 0 aliphatic carbocycles. The van der Waals surface area contributed by atoms with Gasteiger partial charge in [-0.3, -0.25) is 0 Å². The first-order valence-corrected chi connectivity index (χ1v) is 7.17. The predicted molar refractivity (Wildman–Crippen MR) is 71.5 cm³/mol. The van der Waals surface area contributed by atoms with Crippen molar-refractivity contribution in [3.8, 4) is 0 Å². The van der Waals surface area contributed by atoms with Gasteiger partial charge in [0.05, 0.1) is 6.10 Å². The van der Waals surface area contributed by atoms with E-state index in [0.29, 0.717) is 0 Å². The summed E-state index contributed by atoms with van der Waals surface area (Å²) < 4.78 is 1.08. The van der Waals surface area contributed by atoms with E-state index in [1.165, 1.54) is 12.0 Å². The number of benzene rings is 1. The van der Waals surface area contributed by atoms with E-state index in [1.807, 2.05) is 23.9 Å². The van der Waals surface area contributed by atoms with Gasteiger partial charge in [0.15, 0.2) is 0 Å². The standard InChI is InChI=1S/C12H17BrOS/c1-2-7-15-9-12(14)8-10-3-5-11(13)6-4-10/h3-6,12,14H,2,7-9H2,1H3. The Bertz CT molecular complexity index is 273. The van der Waals surface area contributed by atoms with Crippen LogP contribution in [0.4, 0.5) is 0 Å². The summed E-state index contributed by atoms with van der Waals surface area (Å²) >= 11 is 5.22. The number of halogens is 1. The van der Waals surface area contributed by atoms with Crippen LogP contribution in [0, 0.1) is 0 Å². The van der Waals surface area contributed by atoms with Crippen molar-refractivity contribution >= 4 is 27.7 Å². The molecule has 1 atom stereocenters. The Morgan fingerprint density at radius 1 is 1.33 bits per heavy atom. The van der Waals surface area contributed by atoms with Gasteiger partial charge in [0.2, 0.25) is 0 Å². The van der Waals surface area contributed by atoms with Crippen molar-refractivity contribution < 1.29 is 5.11 Å². The minimum atomic E-state index is -0.220. The van der Waals surface area contributed by atoms with E-state index >= 15 is 0 Å². The van der Waals surface area contributed by atoms with Gasteiger partial charge in [-0.05, 0) is 36.3 Å². The van der Waals surface area contributed by atoms with Gasteiger partial charge in [-0.1, -0.05) is 35.0 Å². The fourth-order valence-electron chi connectivity index (χ4n) is 1.32. The molecule has 0 fully saturated rings. The summed E-state index contributed by atoms with van der Waals surface area (Å²) in [4.78, 5) is 0. The zero-order valence-corrected chi connectivity index (χ0v) is 11.4. The average molecular weight is 289 g/mol. The van der Waals surface area contributed by atoms with Gasteiger partial charge in [-0.25, -0.2) is 0 Å². The van der Waals surface area contributed by atoms with Crippen LogP contribution in [0.15, 0.2) is 28.7 Å².